The number of carbonyl (C=O) groups excluding carboxylic acids is 1. The maximum atomic E-state index is 12.7. The van der Waals surface area contributed by atoms with Gasteiger partial charge in [0.2, 0.25) is 0 Å². The van der Waals surface area contributed by atoms with Crippen molar-refractivity contribution in [1.82, 2.24) is 9.88 Å². The first-order chi connectivity index (χ1) is 12.7. The molecule has 0 aliphatic carbocycles. The zero-order valence-electron chi connectivity index (χ0n) is 15.2. The van der Waals surface area contributed by atoms with Gasteiger partial charge in [0.1, 0.15) is 5.69 Å². The van der Waals surface area contributed by atoms with Gasteiger partial charge in [0.25, 0.3) is 5.91 Å². The Balaban J connectivity index is 1.54. The number of rotatable bonds is 6. The molecule has 4 nitrogen and oxygen atoms in total. The quantitative estimate of drug-likeness (QED) is 0.793. The van der Waals surface area contributed by atoms with E-state index in [0.717, 1.165) is 49.5 Å². The predicted molar refractivity (Wildman–Crippen MR) is 107 cm³/mol. The first-order valence-electron chi connectivity index (χ1n) is 9.42. The van der Waals surface area contributed by atoms with Crippen LogP contribution < -0.4 is 5.32 Å². The van der Waals surface area contributed by atoms with E-state index in [0.29, 0.717) is 11.7 Å². The van der Waals surface area contributed by atoms with Gasteiger partial charge in [-0.2, -0.15) is 0 Å². The summed E-state index contributed by atoms with van der Waals surface area (Å²) in [5.74, 6) is 0.0595. The average molecular weight is 372 g/mol. The number of pyridine rings is 1. The highest BCUT2D eigenvalue weighted by Crippen LogP contribution is 2.21. The summed E-state index contributed by atoms with van der Waals surface area (Å²) in [5, 5.41) is 4.11. The summed E-state index contributed by atoms with van der Waals surface area (Å²) in [6, 6.07) is 12.0. The molecule has 1 N–H and O–H groups in total. The Morgan fingerprint density at radius 1 is 1.23 bits per heavy atom. The van der Waals surface area contributed by atoms with Crippen LogP contribution in [0.25, 0.3) is 0 Å². The zero-order valence-corrected chi connectivity index (χ0v) is 16.0. The standard InChI is InChI=1S/C21H26ClN3O/c1-2-19-5-3-4-14-25(19)21(26)20-11-10-18(15-24-20)23-13-12-16-6-8-17(22)9-7-16/h6-11,15,19,23H,2-5,12-14H2,1H3. The van der Waals surface area contributed by atoms with E-state index in [2.05, 4.69) is 17.2 Å². The van der Waals surface area contributed by atoms with Crippen LogP contribution in [0.4, 0.5) is 5.69 Å². The lowest BCUT2D eigenvalue weighted by Gasteiger charge is -2.35. The molecule has 1 aliphatic heterocycles. The number of carbonyl (C=O) groups is 1. The van der Waals surface area contributed by atoms with Gasteiger partial charge < -0.3 is 10.2 Å². The van der Waals surface area contributed by atoms with Gasteiger partial charge in [0.15, 0.2) is 0 Å². The van der Waals surface area contributed by atoms with Gasteiger partial charge in [-0.25, -0.2) is 4.98 Å². The number of halogens is 1. The van der Waals surface area contributed by atoms with Crippen molar-refractivity contribution in [2.24, 2.45) is 0 Å². The van der Waals surface area contributed by atoms with Crippen LogP contribution in [0.3, 0.4) is 0 Å². The molecular formula is C21H26ClN3O. The summed E-state index contributed by atoms with van der Waals surface area (Å²) in [6.07, 6.45) is 7.07. The summed E-state index contributed by atoms with van der Waals surface area (Å²) in [4.78, 5) is 19.1. The SMILES string of the molecule is CCC1CCCCN1C(=O)c1ccc(NCCc2ccc(Cl)cc2)cn1. The molecule has 1 aromatic heterocycles. The molecule has 138 valence electrons. The van der Waals surface area contributed by atoms with Crippen molar-refractivity contribution < 1.29 is 4.79 Å². The van der Waals surface area contributed by atoms with E-state index in [1.165, 1.54) is 12.0 Å². The van der Waals surface area contributed by atoms with Crippen molar-refractivity contribution in [2.45, 2.75) is 45.1 Å². The number of amides is 1. The molecular weight excluding hydrogens is 346 g/mol. The topological polar surface area (TPSA) is 45.2 Å². The van der Waals surface area contributed by atoms with E-state index in [-0.39, 0.29) is 5.91 Å². The molecule has 5 heteroatoms. The number of likely N-dealkylation sites (tertiary alicyclic amines) is 1. The van der Waals surface area contributed by atoms with Gasteiger partial charge in [-0.3, -0.25) is 4.79 Å². The zero-order chi connectivity index (χ0) is 18.4. The fourth-order valence-electron chi connectivity index (χ4n) is 3.47. The minimum Gasteiger partial charge on any atom is -0.383 e. The van der Waals surface area contributed by atoms with E-state index in [4.69, 9.17) is 11.6 Å². The first-order valence-corrected chi connectivity index (χ1v) is 9.80. The normalized spacial score (nSPS) is 17.2. The second-order valence-electron chi connectivity index (χ2n) is 6.79. The number of anilines is 1. The van der Waals surface area contributed by atoms with Crippen molar-refractivity contribution in [1.29, 1.82) is 0 Å². The molecule has 0 bridgehead atoms. The molecule has 1 amide bonds. The maximum absolute atomic E-state index is 12.7. The Labute approximate surface area is 160 Å². The Hall–Kier alpha value is -2.07. The first kappa shape index (κ1) is 18.7. The molecule has 0 radical (unpaired) electrons. The smallest absolute Gasteiger partial charge is 0.272 e. The van der Waals surface area contributed by atoms with Crippen molar-refractivity contribution in [2.75, 3.05) is 18.4 Å². The number of nitrogens with one attached hydrogen (secondary N) is 1. The third kappa shape index (κ3) is 4.76. The fraction of sp³-hybridized carbons (Fsp3) is 0.429. The molecule has 1 fully saturated rings. The molecule has 2 heterocycles. The molecule has 1 atom stereocenters. The predicted octanol–water partition coefficient (Wildman–Crippen LogP) is 4.79. The van der Waals surface area contributed by atoms with Gasteiger partial charge >= 0.3 is 0 Å². The molecule has 1 saturated heterocycles. The number of hydrogen-bond donors (Lipinski definition) is 1. The summed E-state index contributed by atoms with van der Waals surface area (Å²) >= 11 is 5.90. The molecule has 0 spiro atoms. The number of piperidine rings is 1. The molecule has 2 aromatic rings. The Bertz CT molecular complexity index is 715. The lowest BCUT2D eigenvalue weighted by Crippen LogP contribution is -2.43. The van der Waals surface area contributed by atoms with Crippen LogP contribution in [0.2, 0.25) is 5.02 Å². The maximum Gasteiger partial charge on any atom is 0.272 e. The second-order valence-corrected chi connectivity index (χ2v) is 7.23. The summed E-state index contributed by atoms with van der Waals surface area (Å²) in [6.45, 7) is 3.80. The van der Waals surface area contributed by atoms with E-state index in [1.807, 2.05) is 41.3 Å². The van der Waals surface area contributed by atoms with Gasteiger partial charge in [-0.15, -0.1) is 0 Å². The third-order valence-corrected chi connectivity index (χ3v) is 5.25. The largest absolute Gasteiger partial charge is 0.383 e. The molecule has 26 heavy (non-hydrogen) atoms. The van der Waals surface area contributed by atoms with E-state index >= 15 is 0 Å². The Morgan fingerprint density at radius 2 is 2.04 bits per heavy atom. The summed E-state index contributed by atoms with van der Waals surface area (Å²) in [5.41, 5.74) is 2.70. The van der Waals surface area contributed by atoms with E-state index in [1.54, 1.807) is 6.20 Å². The van der Waals surface area contributed by atoms with Crippen molar-refractivity contribution >= 4 is 23.2 Å². The fourth-order valence-corrected chi connectivity index (χ4v) is 3.59. The number of benzene rings is 1. The summed E-state index contributed by atoms with van der Waals surface area (Å²) < 4.78 is 0. The average Bonchev–Trinajstić information content (AvgIpc) is 2.69. The van der Waals surface area contributed by atoms with Crippen LogP contribution in [0.1, 0.15) is 48.7 Å². The van der Waals surface area contributed by atoms with Gasteiger partial charge in [0.05, 0.1) is 11.9 Å². The Morgan fingerprint density at radius 3 is 2.73 bits per heavy atom. The van der Waals surface area contributed by atoms with Crippen molar-refractivity contribution in [3.8, 4) is 0 Å². The molecule has 3 rings (SSSR count). The molecule has 0 saturated carbocycles. The van der Waals surface area contributed by atoms with Gasteiger partial charge in [-0.1, -0.05) is 30.7 Å². The lowest BCUT2D eigenvalue weighted by atomic mass is 9.99. The van der Waals surface area contributed by atoms with Gasteiger partial charge in [0, 0.05) is 24.2 Å². The minimum absolute atomic E-state index is 0.0595. The number of hydrogen-bond acceptors (Lipinski definition) is 3. The second kappa shape index (κ2) is 9.04. The third-order valence-electron chi connectivity index (χ3n) is 5.00. The van der Waals surface area contributed by atoms with E-state index in [9.17, 15) is 4.79 Å². The highest BCUT2D eigenvalue weighted by Gasteiger charge is 2.26. The van der Waals surface area contributed by atoms with E-state index < -0.39 is 0 Å². The Kier molecular flexibility index (Phi) is 6.51. The van der Waals surface area contributed by atoms with Crippen LogP contribution in [-0.4, -0.2) is 34.9 Å². The molecule has 1 unspecified atom stereocenters. The van der Waals surface area contributed by atoms with Gasteiger partial charge in [-0.05, 0) is 61.9 Å². The van der Waals surface area contributed by atoms with Crippen LogP contribution in [0.15, 0.2) is 42.6 Å². The summed E-state index contributed by atoms with van der Waals surface area (Å²) in [7, 11) is 0. The monoisotopic (exact) mass is 371 g/mol. The minimum atomic E-state index is 0.0595. The van der Waals surface area contributed by atoms with Crippen LogP contribution >= 0.6 is 11.6 Å². The van der Waals surface area contributed by atoms with Crippen molar-refractivity contribution in [3.05, 3.63) is 58.9 Å². The molecule has 1 aliphatic rings. The molecule has 1 aromatic carbocycles. The lowest BCUT2D eigenvalue weighted by molar-refractivity contribution is 0.0602. The van der Waals surface area contributed by atoms with Crippen molar-refractivity contribution in [3.63, 3.8) is 0 Å². The van der Waals surface area contributed by atoms with Crippen LogP contribution in [-0.2, 0) is 6.42 Å². The number of nitrogens with zero attached hydrogens (tertiary/aromatic N) is 2. The number of aromatic nitrogens is 1. The highest BCUT2D eigenvalue weighted by molar-refractivity contribution is 6.30. The highest BCUT2D eigenvalue weighted by atomic mass is 35.5. The van der Waals surface area contributed by atoms with Crippen LogP contribution in [0, 0.1) is 0 Å². The van der Waals surface area contributed by atoms with Crippen LogP contribution in [0.5, 0.6) is 0 Å².